The number of halogens is 1. The minimum Gasteiger partial charge on any atom is -0.493 e. The molecule has 0 heterocycles. The van der Waals surface area contributed by atoms with Crippen LogP contribution in [0.5, 0.6) is 17.2 Å². The Balaban J connectivity index is 1.91. The first-order chi connectivity index (χ1) is 14.7. The Labute approximate surface area is 183 Å². The minimum atomic E-state index is -3.90. The van der Waals surface area contributed by atoms with Gasteiger partial charge in [-0.3, -0.25) is 0 Å². The molecule has 7 nitrogen and oxygen atoms in total. The number of nitrogens with one attached hydrogen (secondary N) is 1. The fourth-order valence-corrected chi connectivity index (χ4v) is 3.73. The van der Waals surface area contributed by atoms with Crippen molar-refractivity contribution in [3.05, 3.63) is 47.8 Å². The van der Waals surface area contributed by atoms with E-state index in [0.717, 1.165) is 18.4 Å². The van der Waals surface area contributed by atoms with Crippen LogP contribution in [-0.4, -0.2) is 41.3 Å². The van der Waals surface area contributed by atoms with Gasteiger partial charge in [0.05, 0.1) is 13.7 Å². The summed E-state index contributed by atoms with van der Waals surface area (Å²) < 4.78 is 53.7. The van der Waals surface area contributed by atoms with Gasteiger partial charge >= 0.3 is 0 Å². The molecule has 1 atom stereocenters. The zero-order chi connectivity index (χ0) is 22.9. The lowest BCUT2D eigenvalue weighted by molar-refractivity contribution is 0.285. The van der Waals surface area contributed by atoms with Crippen LogP contribution in [0.3, 0.4) is 0 Å². The molecule has 2 aromatic carbocycles. The van der Waals surface area contributed by atoms with E-state index < -0.39 is 15.8 Å². The third-order valence-electron chi connectivity index (χ3n) is 4.59. The molecule has 0 saturated heterocycles. The molecule has 0 aliphatic heterocycles. The highest BCUT2D eigenvalue weighted by atomic mass is 32.2. The Kier molecular flexibility index (Phi) is 9.54. The maximum absolute atomic E-state index is 13.4. The molecule has 2 rings (SSSR count). The number of primary sulfonamides is 1. The molecule has 0 saturated carbocycles. The maximum Gasteiger partial charge on any atom is 0.241 e. The lowest BCUT2D eigenvalue weighted by Crippen LogP contribution is -2.32. The molecule has 0 aliphatic carbocycles. The van der Waals surface area contributed by atoms with Gasteiger partial charge in [-0.25, -0.2) is 17.9 Å². The van der Waals surface area contributed by atoms with E-state index >= 15 is 0 Å². The highest BCUT2D eigenvalue weighted by Gasteiger charge is 2.17. The van der Waals surface area contributed by atoms with Crippen LogP contribution >= 0.6 is 0 Å². The summed E-state index contributed by atoms with van der Waals surface area (Å²) in [6.07, 6.45) is 2.36. The molecule has 1 unspecified atom stereocenters. The normalized spacial score (nSPS) is 12.4. The van der Waals surface area contributed by atoms with Crippen molar-refractivity contribution < 1.29 is 27.0 Å². The van der Waals surface area contributed by atoms with Crippen molar-refractivity contribution in [1.29, 1.82) is 0 Å². The molecule has 3 N–H and O–H groups in total. The standard InChI is InChI=1S/C22H31FN2O5S/c1-4-5-11-29-20-8-6-17(14-22(20)31(24,26)27)13-16(2)25-10-12-30-21-15-18(23)7-9-19(21)28-3/h6-9,14-16,25H,4-5,10-13H2,1-3H3,(H2,24,26,27). The zero-order valence-corrected chi connectivity index (χ0v) is 19.0. The Morgan fingerprint density at radius 3 is 2.45 bits per heavy atom. The first-order valence-electron chi connectivity index (χ1n) is 10.2. The molecule has 0 radical (unpaired) electrons. The van der Waals surface area contributed by atoms with E-state index in [4.69, 9.17) is 19.3 Å². The number of benzene rings is 2. The van der Waals surface area contributed by atoms with Gasteiger partial charge in [-0.2, -0.15) is 0 Å². The van der Waals surface area contributed by atoms with Gasteiger partial charge in [0, 0.05) is 18.7 Å². The summed E-state index contributed by atoms with van der Waals surface area (Å²) in [6, 6.07) is 9.18. The molecule has 0 amide bonds. The molecule has 0 bridgehead atoms. The van der Waals surface area contributed by atoms with Crippen LogP contribution in [0.1, 0.15) is 32.3 Å². The van der Waals surface area contributed by atoms with Crippen molar-refractivity contribution in [1.82, 2.24) is 5.32 Å². The Bertz CT molecular complexity index is 953. The lowest BCUT2D eigenvalue weighted by atomic mass is 10.1. The van der Waals surface area contributed by atoms with E-state index in [-0.39, 0.29) is 16.7 Å². The van der Waals surface area contributed by atoms with Gasteiger partial charge in [0.2, 0.25) is 10.0 Å². The van der Waals surface area contributed by atoms with Gasteiger partial charge in [0.15, 0.2) is 11.5 Å². The minimum absolute atomic E-state index is 0.00478. The molecule has 0 spiro atoms. The van der Waals surface area contributed by atoms with Gasteiger partial charge in [0.25, 0.3) is 0 Å². The molecule has 0 fully saturated rings. The summed E-state index contributed by atoms with van der Waals surface area (Å²) in [6.45, 7) is 5.27. The summed E-state index contributed by atoms with van der Waals surface area (Å²) in [7, 11) is -2.40. The molecule has 172 valence electrons. The number of ether oxygens (including phenoxy) is 3. The van der Waals surface area contributed by atoms with Gasteiger partial charge < -0.3 is 19.5 Å². The van der Waals surface area contributed by atoms with Gasteiger partial charge in [0.1, 0.15) is 23.1 Å². The van der Waals surface area contributed by atoms with Crippen LogP contribution in [-0.2, 0) is 16.4 Å². The van der Waals surface area contributed by atoms with Gasteiger partial charge in [-0.05, 0) is 49.6 Å². The molecule has 2 aromatic rings. The third kappa shape index (κ3) is 8.01. The average molecular weight is 455 g/mol. The van der Waals surface area contributed by atoms with Crippen molar-refractivity contribution in [2.24, 2.45) is 5.14 Å². The second-order valence-corrected chi connectivity index (χ2v) is 8.76. The van der Waals surface area contributed by atoms with Crippen molar-refractivity contribution in [3.8, 4) is 17.2 Å². The van der Waals surface area contributed by atoms with Crippen molar-refractivity contribution in [2.75, 3.05) is 26.9 Å². The highest BCUT2D eigenvalue weighted by molar-refractivity contribution is 7.89. The van der Waals surface area contributed by atoms with Crippen LogP contribution in [0, 0.1) is 5.82 Å². The first kappa shape index (κ1) is 24.9. The summed E-state index contributed by atoms with van der Waals surface area (Å²) >= 11 is 0. The second-order valence-electron chi connectivity index (χ2n) is 7.23. The van der Waals surface area contributed by atoms with Gasteiger partial charge in [-0.1, -0.05) is 19.4 Å². The van der Waals surface area contributed by atoms with Gasteiger partial charge in [-0.15, -0.1) is 0 Å². The summed E-state index contributed by atoms with van der Waals surface area (Å²) in [5, 5.41) is 8.67. The summed E-state index contributed by atoms with van der Waals surface area (Å²) in [4.78, 5) is -0.00478. The van der Waals surface area contributed by atoms with E-state index in [1.54, 1.807) is 12.1 Å². The molecular weight excluding hydrogens is 423 g/mol. The molecule has 9 heteroatoms. The van der Waals surface area contributed by atoms with E-state index in [0.29, 0.717) is 37.7 Å². The Hall–Kier alpha value is -2.36. The van der Waals surface area contributed by atoms with E-state index in [1.165, 1.54) is 25.3 Å². The zero-order valence-electron chi connectivity index (χ0n) is 18.2. The number of unbranched alkanes of at least 4 members (excludes halogenated alkanes) is 1. The summed E-state index contributed by atoms with van der Waals surface area (Å²) in [5.74, 6) is 0.683. The SMILES string of the molecule is CCCCOc1ccc(CC(C)NCCOc2cc(F)ccc2OC)cc1S(N)(=O)=O. The number of methoxy groups -OCH3 is 1. The van der Waals surface area contributed by atoms with Crippen LogP contribution in [0.25, 0.3) is 0 Å². The van der Waals surface area contributed by atoms with Crippen LogP contribution in [0.2, 0.25) is 0 Å². The highest BCUT2D eigenvalue weighted by Crippen LogP contribution is 2.27. The smallest absolute Gasteiger partial charge is 0.241 e. The summed E-state index contributed by atoms with van der Waals surface area (Å²) in [5.41, 5.74) is 0.819. The van der Waals surface area contributed by atoms with Crippen molar-refractivity contribution >= 4 is 10.0 Å². The number of rotatable bonds is 13. The number of nitrogens with two attached hydrogens (primary N) is 1. The largest absolute Gasteiger partial charge is 0.493 e. The first-order valence-corrected chi connectivity index (χ1v) is 11.8. The van der Waals surface area contributed by atoms with E-state index in [1.807, 2.05) is 19.9 Å². The fraction of sp³-hybridized carbons (Fsp3) is 0.455. The van der Waals surface area contributed by atoms with Crippen LogP contribution < -0.4 is 24.7 Å². The number of sulfonamides is 1. The lowest BCUT2D eigenvalue weighted by Gasteiger charge is -2.17. The van der Waals surface area contributed by atoms with E-state index in [2.05, 4.69) is 5.32 Å². The molecular formula is C22H31FN2O5S. The molecule has 31 heavy (non-hydrogen) atoms. The predicted molar refractivity (Wildman–Crippen MR) is 118 cm³/mol. The van der Waals surface area contributed by atoms with Crippen molar-refractivity contribution in [2.45, 2.75) is 44.0 Å². The Morgan fingerprint density at radius 1 is 1.06 bits per heavy atom. The van der Waals surface area contributed by atoms with E-state index in [9.17, 15) is 12.8 Å². The quantitative estimate of drug-likeness (QED) is 0.451. The average Bonchev–Trinajstić information content (AvgIpc) is 2.71. The molecule has 0 aromatic heterocycles. The van der Waals surface area contributed by atoms with Crippen molar-refractivity contribution in [3.63, 3.8) is 0 Å². The van der Waals surface area contributed by atoms with Crippen LogP contribution in [0.4, 0.5) is 4.39 Å². The second kappa shape index (κ2) is 11.9. The number of hydrogen-bond acceptors (Lipinski definition) is 6. The topological polar surface area (TPSA) is 99.9 Å². The maximum atomic E-state index is 13.4. The Morgan fingerprint density at radius 2 is 1.77 bits per heavy atom. The molecule has 0 aliphatic rings. The fourth-order valence-electron chi connectivity index (χ4n) is 3.00. The van der Waals surface area contributed by atoms with Crippen LogP contribution in [0.15, 0.2) is 41.3 Å². The predicted octanol–water partition coefficient (Wildman–Crippen LogP) is 3.26. The third-order valence-corrected chi connectivity index (χ3v) is 5.52. The monoisotopic (exact) mass is 454 g/mol. The number of hydrogen-bond donors (Lipinski definition) is 2.